The maximum Gasteiger partial charge on any atom is 0.305 e. The maximum atomic E-state index is 14.6. The van der Waals surface area contributed by atoms with Gasteiger partial charge in [-0.2, -0.15) is 0 Å². The summed E-state index contributed by atoms with van der Waals surface area (Å²) in [5, 5.41) is 24.0. The summed E-state index contributed by atoms with van der Waals surface area (Å²) in [5.41, 5.74) is 3.16. The number of aromatic nitrogens is 1. The number of nitrogens with one attached hydrogen (secondary N) is 2. The molecular formula is C33H39FN4O5S2. The smallest absolute Gasteiger partial charge is 0.305 e. The Labute approximate surface area is 269 Å². The molecule has 2 saturated heterocycles. The number of halogens is 1. The van der Waals surface area contributed by atoms with Gasteiger partial charge in [-0.3, -0.25) is 14.5 Å². The molecule has 4 N–H and O–H groups in total. The molecule has 0 aliphatic carbocycles. The lowest BCUT2D eigenvalue weighted by molar-refractivity contribution is -0.127. The quantitative estimate of drug-likeness (QED) is 0.197. The highest BCUT2D eigenvalue weighted by molar-refractivity contribution is 7.16. The second-order valence-electron chi connectivity index (χ2n) is 12.2. The van der Waals surface area contributed by atoms with E-state index in [9.17, 15) is 24.2 Å². The number of fused-ring (bicyclic) bond motifs is 1. The molecule has 4 aromatic rings. The number of aliphatic hydroxyl groups is 1. The van der Waals surface area contributed by atoms with E-state index in [0.717, 1.165) is 63.7 Å². The number of likely N-dealkylation sites (tertiary alicyclic amines) is 1. The first-order chi connectivity index (χ1) is 21.6. The van der Waals surface area contributed by atoms with Crippen molar-refractivity contribution < 1.29 is 24.1 Å². The summed E-state index contributed by atoms with van der Waals surface area (Å²) in [6.45, 7) is 8.83. The molecule has 2 fully saturated rings. The zero-order valence-corrected chi connectivity index (χ0v) is 27.2. The molecule has 2 aromatic carbocycles. The number of carbonyl (C=O) groups is 1. The number of thiophene rings is 1. The van der Waals surface area contributed by atoms with Crippen molar-refractivity contribution in [1.29, 1.82) is 0 Å². The number of benzene rings is 2. The van der Waals surface area contributed by atoms with Gasteiger partial charge in [0.2, 0.25) is 0 Å². The lowest BCUT2D eigenvalue weighted by Crippen LogP contribution is -2.57. The number of rotatable bonds is 9. The van der Waals surface area contributed by atoms with E-state index in [1.807, 2.05) is 30.9 Å². The number of aromatic amines is 1. The molecule has 2 aromatic heterocycles. The van der Waals surface area contributed by atoms with Gasteiger partial charge in [0.15, 0.2) is 0 Å². The van der Waals surface area contributed by atoms with Gasteiger partial charge in [0.05, 0.1) is 35.1 Å². The van der Waals surface area contributed by atoms with Crippen LogP contribution in [0, 0.1) is 19.7 Å². The number of hydrogen-bond donors (Lipinski definition) is 4. The van der Waals surface area contributed by atoms with Crippen molar-refractivity contribution in [3.8, 4) is 5.75 Å². The average molecular weight is 655 g/mol. The van der Waals surface area contributed by atoms with Gasteiger partial charge < -0.3 is 30.2 Å². The number of phenolic OH excluding ortho intramolecular Hbond substituents is 1. The van der Waals surface area contributed by atoms with E-state index in [1.165, 1.54) is 6.07 Å². The lowest BCUT2D eigenvalue weighted by Gasteiger charge is -2.47. The van der Waals surface area contributed by atoms with Gasteiger partial charge in [-0.1, -0.05) is 23.5 Å². The fraction of sp³-hybridized carbons (Fsp3) is 0.455. The molecule has 4 heterocycles. The normalized spacial score (nSPS) is 17.7. The Hall–Kier alpha value is -3.13. The number of aliphatic hydroxyl groups excluding tert-OH is 1. The third kappa shape index (κ3) is 7.16. The van der Waals surface area contributed by atoms with Gasteiger partial charge in [0.25, 0.3) is 5.91 Å². The van der Waals surface area contributed by atoms with Crippen LogP contribution in [-0.4, -0.2) is 82.4 Å². The highest BCUT2D eigenvalue weighted by atomic mass is 32.1. The van der Waals surface area contributed by atoms with Crippen LogP contribution in [0.5, 0.6) is 5.75 Å². The van der Waals surface area contributed by atoms with Crippen LogP contribution in [0.15, 0.2) is 41.2 Å². The SMILES string of the molecule is Cc1cc(C(=O)N2CCOC3(CCN(Cc4cc(F)cc(CCNCC(O)c5ccc(O)c6[nH]c(=O)sc56)c4)CC3)C2)c(C)s1. The zero-order valence-electron chi connectivity index (χ0n) is 25.5. The van der Waals surface area contributed by atoms with Gasteiger partial charge in [0.1, 0.15) is 17.1 Å². The number of piperidine rings is 1. The standard InChI is InChI=1S/C33H39FN4O5S2/c1-20-13-26(21(2)44-20)31(41)38-11-12-43-33(19-38)6-9-37(10-7-33)18-23-14-22(15-24(34)16-23)5-8-35-17-28(40)25-3-4-27(39)29-30(25)45-32(42)36-29/h3-4,13-16,28,35,39-40H,5-12,17-19H2,1-2H3,(H,36,42). The molecule has 6 rings (SSSR count). The predicted molar refractivity (Wildman–Crippen MR) is 175 cm³/mol. The number of nitrogens with zero attached hydrogens (tertiary/aromatic N) is 2. The number of H-pyrrole nitrogens is 1. The maximum absolute atomic E-state index is 14.6. The number of ether oxygens (including phenoxy) is 1. The highest BCUT2D eigenvalue weighted by Gasteiger charge is 2.41. The van der Waals surface area contributed by atoms with E-state index in [0.29, 0.717) is 55.0 Å². The van der Waals surface area contributed by atoms with Gasteiger partial charge >= 0.3 is 4.87 Å². The molecule has 0 bridgehead atoms. The molecule has 45 heavy (non-hydrogen) atoms. The molecule has 2 aliphatic rings. The molecule has 1 amide bonds. The van der Waals surface area contributed by atoms with Crippen molar-refractivity contribution in [3.63, 3.8) is 0 Å². The largest absolute Gasteiger partial charge is 0.506 e. The van der Waals surface area contributed by atoms with Crippen LogP contribution in [0.1, 0.15) is 55.7 Å². The van der Waals surface area contributed by atoms with Gasteiger partial charge in [-0.15, -0.1) is 11.3 Å². The number of aryl methyl sites for hydroxylation is 2. The molecule has 2 aliphatic heterocycles. The van der Waals surface area contributed by atoms with Crippen molar-refractivity contribution in [2.45, 2.75) is 51.4 Å². The highest BCUT2D eigenvalue weighted by Crippen LogP contribution is 2.33. The minimum absolute atomic E-state index is 0.0291. The molecule has 0 saturated carbocycles. The molecule has 9 nitrogen and oxygen atoms in total. The second kappa shape index (κ2) is 13.3. The molecule has 1 atom stereocenters. The van der Waals surface area contributed by atoms with E-state index < -0.39 is 6.10 Å². The van der Waals surface area contributed by atoms with Crippen LogP contribution in [0.25, 0.3) is 10.2 Å². The second-order valence-corrected chi connectivity index (χ2v) is 14.6. The summed E-state index contributed by atoms with van der Waals surface area (Å²) in [4.78, 5) is 33.8. The number of carbonyl (C=O) groups excluding carboxylic acids is 1. The van der Waals surface area contributed by atoms with Crippen LogP contribution in [0.2, 0.25) is 0 Å². The molecule has 12 heteroatoms. The van der Waals surface area contributed by atoms with Crippen LogP contribution >= 0.6 is 22.7 Å². The third-order valence-corrected chi connectivity index (χ3v) is 10.8. The Morgan fingerprint density at radius 2 is 1.91 bits per heavy atom. The first-order valence-electron chi connectivity index (χ1n) is 15.3. The van der Waals surface area contributed by atoms with E-state index in [1.54, 1.807) is 29.5 Å². The number of aromatic hydroxyl groups is 1. The first kappa shape index (κ1) is 31.8. The summed E-state index contributed by atoms with van der Waals surface area (Å²) in [7, 11) is 0. The number of phenols is 1. The van der Waals surface area contributed by atoms with Crippen molar-refractivity contribution in [1.82, 2.24) is 20.1 Å². The topological polar surface area (TPSA) is 118 Å². The van der Waals surface area contributed by atoms with Gasteiger partial charge in [-0.25, -0.2) is 4.39 Å². The van der Waals surface area contributed by atoms with Crippen molar-refractivity contribution >= 4 is 38.8 Å². The number of hydrogen-bond acceptors (Lipinski definition) is 9. The molecule has 240 valence electrons. The molecule has 1 unspecified atom stereocenters. The van der Waals surface area contributed by atoms with Crippen molar-refractivity contribution in [2.75, 3.05) is 45.9 Å². The minimum atomic E-state index is -0.868. The van der Waals surface area contributed by atoms with Crippen LogP contribution in [0.3, 0.4) is 0 Å². The van der Waals surface area contributed by atoms with Gasteiger partial charge in [0, 0.05) is 48.0 Å². The zero-order chi connectivity index (χ0) is 31.7. The van der Waals surface area contributed by atoms with Gasteiger partial charge in [-0.05, 0) is 75.0 Å². The Bertz CT molecular complexity index is 1740. The molecular weight excluding hydrogens is 616 g/mol. The summed E-state index contributed by atoms with van der Waals surface area (Å²) in [6.07, 6.45) is 1.36. The van der Waals surface area contributed by atoms with Crippen molar-refractivity contribution in [3.05, 3.63) is 83.9 Å². The fourth-order valence-electron chi connectivity index (χ4n) is 6.55. The number of amides is 1. The predicted octanol–water partition coefficient (Wildman–Crippen LogP) is 4.49. The Balaban J connectivity index is 0.996. The van der Waals surface area contributed by atoms with E-state index in [2.05, 4.69) is 15.2 Å². The summed E-state index contributed by atoms with van der Waals surface area (Å²) in [6, 6.07) is 10.2. The first-order valence-corrected chi connectivity index (χ1v) is 17.0. The average Bonchev–Trinajstić information content (AvgIpc) is 3.57. The lowest BCUT2D eigenvalue weighted by atomic mass is 9.88. The van der Waals surface area contributed by atoms with E-state index in [4.69, 9.17) is 4.74 Å². The molecule has 1 spiro atoms. The fourth-order valence-corrected chi connectivity index (χ4v) is 8.38. The summed E-state index contributed by atoms with van der Waals surface area (Å²) < 4.78 is 21.4. The Morgan fingerprint density at radius 3 is 2.67 bits per heavy atom. The summed E-state index contributed by atoms with van der Waals surface area (Å²) >= 11 is 2.61. The van der Waals surface area contributed by atoms with Crippen LogP contribution in [-0.2, 0) is 17.7 Å². The van der Waals surface area contributed by atoms with Crippen LogP contribution in [0.4, 0.5) is 4.39 Å². The monoisotopic (exact) mass is 654 g/mol. The number of morpholine rings is 1. The minimum Gasteiger partial charge on any atom is -0.506 e. The Kier molecular flexibility index (Phi) is 9.42. The van der Waals surface area contributed by atoms with Crippen molar-refractivity contribution in [2.24, 2.45) is 0 Å². The number of thiazole rings is 1. The van der Waals surface area contributed by atoms with E-state index >= 15 is 0 Å². The van der Waals surface area contributed by atoms with E-state index in [-0.39, 0.29) is 34.5 Å². The Morgan fingerprint density at radius 1 is 1.13 bits per heavy atom. The van der Waals surface area contributed by atoms with Crippen LogP contribution < -0.4 is 10.2 Å². The molecule has 0 radical (unpaired) electrons. The summed E-state index contributed by atoms with van der Waals surface area (Å²) in [5.74, 6) is -0.206. The third-order valence-electron chi connectivity index (χ3n) is 8.87.